The number of aromatic amines is 1. The fourth-order valence-corrected chi connectivity index (χ4v) is 3.97. The van der Waals surface area contributed by atoms with Gasteiger partial charge < -0.3 is 26.5 Å². The molecule has 0 saturated heterocycles. The summed E-state index contributed by atoms with van der Waals surface area (Å²) >= 11 is 0. The van der Waals surface area contributed by atoms with Gasteiger partial charge in [-0.05, 0) is 29.3 Å². The number of amides is 3. The van der Waals surface area contributed by atoms with Crippen molar-refractivity contribution in [1.29, 1.82) is 0 Å². The first kappa shape index (κ1) is 23.7. The van der Waals surface area contributed by atoms with Gasteiger partial charge in [0.2, 0.25) is 5.91 Å². The maximum atomic E-state index is 13.1. The monoisotopic (exact) mass is 470 g/mol. The van der Waals surface area contributed by atoms with Gasteiger partial charge in [-0.15, -0.1) is 0 Å². The third kappa shape index (κ3) is 5.56. The van der Waals surface area contributed by atoms with E-state index in [2.05, 4.69) is 15.6 Å². The van der Waals surface area contributed by atoms with Gasteiger partial charge >= 0.3 is 0 Å². The minimum Gasteiger partial charge on any atom is -0.381 e. The second kappa shape index (κ2) is 10.7. The van der Waals surface area contributed by atoms with Gasteiger partial charge in [-0.2, -0.15) is 0 Å². The van der Waals surface area contributed by atoms with E-state index in [0.717, 1.165) is 16.5 Å². The molecule has 4 aromatic rings. The highest BCUT2D eigenvalue weighted by Crippen LogP contribution is 2.21. The van der Waals surface area contributed by atoms with Crippen molar-refractivity contribution in [3.63, 3.8) is 0 Å². The van der Waals surface area contributed by atoms with Crippen LogP contribution in [0.1, 0.15) is 27.5 Å². The van der Waals surface area contributed by atoms with Crippen molar-refractivity contribution in [2.45, 2.75) is 24.6 Å². The maximum absolute atomic E-state index is 13.1. The molecule has 1 heterocycles. The summed E-state index contributed by atoms with van der Waals surface area (Å²) in [7, 11) is 0. The van der Waals surface area contributed by atoms with E-state index in [9.17, 15) is 19.5 Å². The van der Waals surface area contributed by atoms with Gasteiger partial charge in [-0.25, -0.2) is 0 Å². The highest BCUT2D eigenvalue weighted by molar-refractivity contribution is 5.95. The number of fused-ring (bicyclic) bond motifs is 1. The number of carbonyl (C=O) groups excluding carboxylic acids is 3. The highest BCUT2D eigenvalue weighted by atomic mass is 16.3. The van der Waals surface area contributed by atoms with Crippen LogP contribution in [0, 0.1) is 0 Å². The van der Waals surface area contributed by atoms with E-state index >= 15 is 0 Å². The number of aliphatic hydroxyl groups is 1. The average molecular weight is 471 g/mol. The molecule has 4 rings (SSSR count). The lowest BCUT2D eigenvalue weighted by Gasteiger charge is -2.25. The fourth-order valence-electron chi connectivity index (χ4n) is 3.97. The van der Waals surface area contributed by atoms with Gasteiger partial charge in [-0.3, -0.25) is 14.4 Å². The van der Waals surface area contributed by atoms with Crippen LogP contribution in [0.25, 0.3) is 10.9 Å². The summed E-state index contributed by atoms with van der Waals surface area (Å²) in [5.41, 5.74) is 8.19. The van der Waals surface area contributed by atoms with Crippen molar-refractivity contribution in [1.82, 2.24) is 15.6 Å². The topological polar surface area (TPSA) is 137 Å². The van der Waals surface area contributed by atoms with Crippen molar-refractivity contribution in [3.8, 4) is 0 Å². The average Bonchev–Trinajstić information content (AvgIpc) is 3.30. The Kier molecular flexibility index (Phi) is 7.23. The predicted octanol–water partition coefficient (Wildman–Crippen LogP) is 2.21. The van der Waals surface area contributed by atoms with Gasteiger partial charge in [0.1, 0.15) is 6.04 Å². The van der Waals surface area contributed by atoms with E-state index in [-0.39, 0.29) is 6.42 Å². The van der Waals surface area contributed by atoms with E-state index in [1.807, 2.05) is 24.3 Å². The first-order chi connectivity index (χ1) is 16.9. The Morgan fingerprint density at radius 3 is 2.17 bits per heavy atom. The molecule has 178 valence electrons. The number of hydrogen-bond acceptors (Lipinski definition) is 4. The Balaban J connectivity index is 1.53. The smallest absolute Gasteiger partial charge is 0.252 e. The quantitative estimate of drug-likeness (QED) is 0.256. The summed E-state index contributed by atoms with van der Waals surface area (Å²) in [5.74, 6) is -2.01. The number of nitrogens with one attached hydrogen (secondary N) is 3. The first-order valence-corrected chi connectivity index (χ1v) is 11.2. The number of H-pyrrole nitrogens is 1. The molecule has 0 spiro atoms. The Morgan fingerprint density at radius 2 is 1.49 bits per heavy atom. The zero-order valence-electron chi connectivity index (χ0n) is 18.8. The van der Waals surface area contributed by atoms with Crippen molar-refractivity contribution in [3.05, 3.63) is 108 Å². The minimum atomic E-state index is -1.67. The third-order valence-corrected chi connectivity index (χ3v) is 5.82. The van der Waals surface area contributed by atoms with E-state index in [4.69, 9.17) is 5.73 Å². The molecule has 0 radical (unpaired) electrons. The second-order valence-electron chi connectivity index (χ2n) is 8.20. The molecule has 3 amide bonds. The van der Waals surface area contributed by atoms with Crippen molar-refractivity contribution >= 4 is 28.6 Å². The normalized spacial score (nSPS) is 13.5. The molecule has 1 aromatic heterocycles. The lowest BCUT2D eigenvalue weighted by Crippen LogP contribution is -2.52. The summed E-state index contributed by atoms with van der Waals surface area (Å²) < 4.78 is 0. The van der Waals surface area contributed by atoms with Crippen LogP contribution in [0.3, 0.4) is 0 Å². The summed E-state index contributed by atoms with van der Waals surface area (Å²) in [4.78, 5) is 41.1. The number of carbonyl (C=O) groups is 3. The molecule has 3 aromatic carbocycles. The van der Waals surface area contributed by atoms with Crippen LogP contribution < -0.4 is 16.4 Å². The van der Waals surface area contributed by atoms with Gasteiger partial charge in [0.05, 0.1) is 6.04 Å². The lowest BCUT2D eigenvalue weighted by atomic mass is 9.99. The third-order valence-electron chi connectivity index (χ3n) is 5.82. The van der Waals surface area contributed by atoms with Crippen molar-refractivity contribution in [2.75, 3.05) is 0 Å². The molecule has 0 unspecified atom stereocenters. The van der Waals surface area contributed by atoms with Crippen LogP contribution in [-0.4, -0.2) is 40.0 Å². The largest absolute Gasteiger partial charge is 0.381 e. The van der Waals surface area contributed by atoms with E-state index in [0.29, 0.717) is 11.1 Å². The number of aliphatic hydroxyl groups excluding tert-OH is 1. The summed E-state index contributed by atoms with van der Waals surface area (Å²) in [6, 6.07) is 22.6. The summed E-state index contributed by atoms with van der Waals surface area (Å²) in [6.07, 6.45) is 0.232. The number of benzene rings is 3. The Bertz CT molecular complexity index is 1320. The Hall–Kier alpha value is -4.43. The van der Waals surface area contributed by atoms with Gasteiger partial charge in [0.15, 0.2) is 6.10 Å². The van der Waals surface area contributed by atoms with Gasteiger partial charge in [0, 0.05) is 29.1 Å². The molecule has 8 nitrogen and oxygen atoms in total. The van der Waals surface area contributed by atoms with E-state index in [1.54, 1.807) is 66.9 Å². The number of para-hydroxylation sites is 1. The Labute approximate surface area is 202 Å². The molecular formula is C27H26N4O4. The number of aromatic nitrogens is 1. The fraction of sp³-hybridized carbons (Fsp3) is 0.148. The second-order valence-corrected chi connectivity index (χ2v) is 8.20. The molecule has 0 saturated carbocycles. The standard InChI is InChI=1S/C27H26N4O4/c28-25(33)22(15-19-16-29-21-14-8-7-13-20(19)21)30-27(35)24(32)23(17-9-3-1-4-10-17)31-26(34)18-11-5-2-6-12-18/h1-14,16,22-24,29,32H,15H2,(H2,28,33)(H,30,35)(H,31,34)/t22-,23+,24-/m1/s1. The molecular weight excluding hydrogens is 444 g/mol. The molecule has 0 aliphatic rings. The molecule has 0 aliphatic heterocycles. The number of nitrogens with two attached hydrogens (primary N) is 1. The summed E-state index contributed by atoms with van der Waals surface area (Å²) in [6.45, 7) is 0. The number of hydrogen-bond donors (Lipinski definition) is 5. The first-order valence-electron chi connectivity index (χ1n) is 11.2. The maximum Gasteiger partial charge on any atom is 0.252 e. The van der Waals surface area contributed by atoms with Crippen LogP contribution in [0.15, 0.2) is 91.1 Å². The van der Waals surface area contributed by atoms with Crippen LogP contribution in [0.4, 0.5) is 0 Å². The van der Waals surface area contributed by atoms with Crippen molar-refractivity contribution < 1.29 is 19.5 Å². The van der Waals surface area contributed by atoms with Gasteiger partial charge in [-0.1, -0.05) is 66.7 Å². The molecule has 0 bridgehead atoms. The zero-order chi connectivity index (χ0) is 24.8. The van der Waals surface area contributed by atoms with Crippen LogP contribution >= 0.6 is 0 Å². The van der Waals surface area contributed by atoms with E-state index < -0.39 is 35.9 Å². The molecule has 8 heteroatoms. The summed E-state index contributed by atoms with van der Waals surface area (Å²) in [5, 5.41) is 17.2. The molecule has 0 aliphatic carbocycles. The van der Waals surface area contributed by atoms with Gasteiger partial charge in [0.25, 0.3) is 11.8 Å². The molecule has 35 heavy (non-hydrogen) atoms. The number of rotatable bonds is 9. The van der Waals surface area contributed by atoms with Crippen LogP contribution in [0.5, 0.6) is 0 Å². The zero-order valence-corrected chi connectivity index (χ0v) is 18.8. The molecule has 3 atom stereocenters. The van der Waals surface area contributed by atoms with E-state index in [1.165, 1.54) is 0 Å². The minimum absolute atomic E-state index is 0.143. The molecule has 0 fully saturated rings. The highest BCUT2D eigenvalue weighted by Gasteiger charge is 2.32. The van der Waals surface area contributed by atoms with Crippen LogP contribution in [-0.2, 0) is 16.0 Å². The Morgan fingerprint density at radius 1 is 0.857 bits per heavy atom. The van der Waals surface area contributed by atoms with Crippen LogP contribution in [0.2, 0.25) is 0 Å². The lowest BCUT2D eigenvalue weighted by molar-refractivity contribution is -0.134. The predicted molar refractivity (Wildman–Crippen MR) is 132 cm³/mol. The molecule has 6 N–H and O–H groups in total. The number of primary amides is 1. The SMILES string of the molecule is NC(=O)[C@@H](Cc1c[nH]c2ccccc12)NC(=O)[C@H](O)[C@@H](NC(=O)c1ccccc1)c1ccccc1. The van der Waals surface area contributed by atoms with Crippen molar-refractivity contribution in [2.24, 2.45) is 5.73 Å².